The van der Waals surface area contributed by atoms with Gasteiger partial charge in [0.2, 0.25) is 0 Å². The summed E-state index contributed by atoms with van der Waals surface area (Å²) >= 11 is 0. The predicted octanol–water partition coefficient (Wildman–Crippen LogP) is 1.65. The van der Waals surface area contributed by atoms with Gasteiger partial charge >= 0.3 is 0 Å². The van der Waals surface area contributed by atoms with E-state index in [1.54, 1.807) is 0 Å². The molecule has 1 saturated heterocycles. The highest BCUT2D eigenvalue weighted by Crippen LogP contribution is 2.24. The lowest BCUT2D eigenvalue weighted by Crippen LogP contribution is -2.44. The van der Waals surface area contributed by atoms with Crippen molar-refractivity contribution in [2.45, 2.75) is 46.1 Å². The van der Waals surface area contributed by atoms with Gasteiger partial charge in [-0.05, 0) is 31.1 Å². The van der Waals surface area contributed by atoms with Gasteiger partial charge in [0.1, 0.15) is 6.10 Å². The van der Waals surface area contributed by atoms with E-state index in [1.807, 2.05) is 11.8 Å². The monoisotopic (exact) mass is 213 g/mol. The van der Waals surface area contributed by atoms with E-state index in [0.29, 0.717) is 12.3 Å². The molecule has 0 aromatic rings. The summed E-state index contributed by atoms with van der Waals surface area (Å²) in [5.74, 6) is 1.37. The second-order valence-electron chi connectivity index (χ2n) is 4.83. The van der Waals surface area contributed by atoms with Gasteiger partial charge < -0.3 is 10.0 Å². The highest BCUT2D eigenvalue weighted by atomic mass is 16.3. The van der Waals surface area contributed by atoms with Crippen LogP contribution in [0.5, 0.6) is 0 Å². The lowest BCUT2D eigenvalue weighted by molar-refractivity contribution is -0.141. The zero-order valence-corrected chi connectivity index (χ0v) is 10.1. The van der Waals surface area contributed by atoms with Gasteiger partial charge in [-0.2, -0.15) is 0 Å². The second kappa shape index (κ2) is 5.50. The van der Waals surface area contributed by atoms with Crippen molar-refractivity contribution in [1.82, 2.24) is 4.90 Å². The summed E-state index contributed by atoms with van der Waals surface area (Å²) in [5, 5.41) is 9.46. The van der Waals surface area contributed by atoms with Crippen molar-refractivity contribution < 1.29 is 9.90 Å². The predicted molar refractivity (Wildman–Crippen MR) is 60.4 cm³/mol. The number of aliphatic hydroxyl groups is 1. The molecular weight excluding hydrogens is 190 g/mol. The highest BCUT2D eigenvalue weighted by Gasteiger charge is 2.27. The van der Waals surface area contributed by atoms with Crippen molar-refractivity contribution in [3.8, 4) is 0 Å². The summed E-state index contributed by atoms with van der Waals surface area (Å²) in [6, 6.07) is 0. The van der Waals surface area contributed by atoms with Gasteiger partial charge in [0.25, 0.3) is 5.91 Å². The Hall–Kier alpha value is -0.570. The minimum absolute atomic E-state index is 0.0836. The zero-order chi connectivity index (χ0) is 11.4. The van der Waals surface area contributed by atoms with Crippen molar-refractivity contribution in [3.63, 3.8) is 0 Å². The Balaban J connectivity index is 2.40. The third-order valence-corrected chi connectivity index (χ3v) is 3.47. The molecule has 1 N–H and O–H groups in total. The zero-order valence-electron chi connectivity index (χ0n) is 10.1. The average Bonchev–Trinajstić information content (AvgIpc) is 2.27. The lowest BCUT2D eigenvalue weighted by Gasteiger charge is -2.34. The first kappa shape index (κ1) is 12.5. The number of carbonyl (C=O) groups excluding carboxylic acids is 1. The fourth-order valence-electron chi connectivity index (χ4n) is 2.17. The minimum Gasteiger partial charge on any atom is -0.383 e. The fourth-order valence-corrected chi connectivity index (χ4v) is 2.17. The van der Waals surface area contributed by atoms with E-state index in [1.165, 1.54) is 0 Å². The maximum absolute atomic E-state index is 11.7. The Kier molecular flexibility index (Phi) is 4.58. The molecule has 0 aromatic heterocycles. The van der Waals surface area contributed by atoms with Gasteiger partial charge in [-0.3, -0.25) is 4.79 Å². The third kappa shape index (κ3) is 3.20. The van der Waals surface area contributed by atoms with Gasteiger partial charge in [0.05, 0.1) is 0 Å². The fraction of sp³-hybridized carbons (Fsp3) is 0.917. The molecule has 0 radical (unpaired) electrons. The lowest BCUT2D eigenvalue weighted by atomic mass is 9.86. The van der Waals surface area contributed by atoms with Crippen LogP contribution in [0.25, 0.3) is 0 Å². The summed E-state index contributed by atoms with van der Waals surface area (Å²) in [7, 11) is 0. The van der Waals surface area contributed by atoms with Crippen LogP contribution >= 0.6 is 0 Å². The smallest absolute Gasteiger partial charge is 0.251 e. The van der Waals surface area contributed by atoms with E-state index in [0.717, 1.165) is 31.8 Å². The van der Waals surface area contributed by atoms with E-state index in [-0.39, 0.29) is 5.91 Å². The molecule has 1 unspecified atom stereocenters. The Morgan fingerprint density at radius 3 is 2.33 bits per heavy atom. The third-order valence-electron chi connectivity index (χ3n) is 3.47. The quantitative estimate of drug-likeness (QED) is 0.774. The Labute approximate surface area is 92.5 Å². The number of aliphatic hydroxyl groups excluding tert-OH is 1. The van der Waals surface area contributed by atoms with Crippen LogP contribution < -0.4 is 0 Å². The molecule has 1 heterocycles. The highest BCUT2D eigenvalue weighted by molar-refractivity contribution is 5.80. The number of hydrogen-bond donors (Lipinski definition) is 1. The average molecular weight is 213 g/mol. The van der Waals surface area contributed by atoms with Gasteiger partial charge in [0, 0.05) is 13.1 Å². The largest absolute Gasteiger partial charge is 0.383 e. The van der Waals surface area contributed by atoms with Crippen molar-refractivity contribution in [3.05, 3.63) is 0 Å². The molecule has 1 atom stereocenters. The number of rotatable bonds is 3. The van der Waals surface area contributed by atoms with E-state index >= 15 is 0 Å². The van der Waals surface area contributed by atoms with Gasteiger partial charge in [-0.1, -0.05) is 20.8 Å². The van der Waals surface area contributed by atoms with Crippen LogP contribution in [0.15, 0.2) is 0 Å². The first-order chi connectivity index (χ1) is 7.06. The molecule has 0 spiro atoms. The van der Waals surface area contributed by atoms with E-state index < -0.39 is 6.10 Å². The standard InChI is InChI=1S/C12H23NO2/c1-4-11(14)12(15)13-7-5-10(6-8-13)9(2)3/h9-11,14H,4-8H2,1-3H3. The van der Waals surface area contributed by atoms with Crippen LogP contribution in [0.1, 0.15) is 40.0 Å². The number of hydrogen-bond acceptors (Lipinski definition) is 2. The molecule has 0 saturated carbocycles. The summed E-state index contributed by atoms with van der Waals surface area (Å²) in [4.78, 5) is 13.5. The first-order valence-corrected chi connectivity index (χ1v) is 6.03. The number of likely N-dealkylation sites (tertiary alicyclic amines) is 1. The molecule has 1 aliphatic heterocycles. The molecule has 0 aromatic carbocycles. The molecule has 1 amide bonds. The molecule has 0 bridgehead atoms. The van der Waals surface area contributed by atoms with Crippen LogP contribution in [-0.4, -0.2) is 35.1 Å². The van der Waals surface area contributed by atoms with Gasteiger partial charge in [-0.25, -0.2) is 0 Å². The number of amides is 1. The molecule has 15 heavy (non-hydrogen) atoms. The Bertz CT molecular complexity index is 208. The molecule has 1 fully saturated rings. The molecule has 88 valence electrons. The molecular formula is C12H23NO2. The summed E-state index contributed by atoms with van der Waals surface area (Å²) in [6.07, 6.45) is 1.89. The van der Waals surface area contributed by atoms with Crippen LogP contribution in [-0.2, 0) is 4.79 Å². The number of carbonyl (C=O) groups is 1. The molecule has 1 aliphatic rings. The summed E-state index contributed by atoms with van der Waals surface area (Å²) < 4.78 is 0. The van der Waals surface area contributed by atoms with E-state index in [2.05, 4.69) is 13.8 Å². The van der Waals surface area contributed by atoms with Gasteiger partial charge in [0.15, 0.2) is 0 Å². The van der Waals surface area contributed by atoms with Gasteiger partial charge in [-0.15, -0.1) is 0 Å². The SMILES string of the molecule is CCC(O)C(=O)N1CCC(C(C)C)CC1. The maximum atomic E-state index is 11.7. The first-order valence-electron chi connectivity index (χ1n) is 6.03. The van der Waals surface area contributed by atoms with Crippen LogP contribution in [0, 0.1) is 11.8 Å². The molecule has 3 heteroatoms. The molecule has 0 aliphatic carbocycles. The second-order valence-corrected chi connectivity index (χ2v) is 4.83. The Morgan fingerprint density at radius 1 is 1.40 bits per heavy atom. The van der Waals surface area contributed by atoms with Crippen LogP contribution in [0.2, 0.25) is 0 Å². The van der Waals surface area contributed by atoms with E-state index in [4.69, 9.17) is 0 Å². The maximum Gasteiger partial charge on any atom is 0.251 e. The van der Waals surface area contributed by atoms with Crippen molar-refractivity contribution in [1.29, 1.82) is 0 Å². The minimum atomic E-state index is -0.791. The van der Waals surface area contributed by atoms with Crippen LogP contribution in [0.4, 0.5) is 0 Å². The van der Waals surface area contributed by atoms with Crippen molar-refractivity contribution in [2.75, 3.05) is 13.1 Å². The van der Waals surface area contributed by atoms with Crippen LogP contribution in [0.3, 0.4) is 0 Å². The number of nitrogens with zero attached hydrogens (tertiary/aromatic N) is 1. The van der Waals surface area contributed by atoms with Crippen molar-refractivity contribution in [2.24, 2.45) is 11.8 Å². The number of piperidine rings is 1. The topological polar surface area (TPSA) is 40.5 Å². The summed E-state index contributed by atoms with van der Waals surface area (Å²) in [6.45, 7) is 7.95. The van der Waals surface area contributed by atoms with Crippen molar-refractivity contribution >= 4 is 5.91 Å². The van der Waals surface area contributed by atoms with E-state index in [9.17, 15) is 9.90 Å². The molecule has 1 rings (SSSR count). The molecule has 3 nitrogen and oxygen atoms in total. The Morgan fingerprint density at radius 2 is 1.93 bits per heavy atom. The normalized spacial score (nSPS) is 20.7. The summed E-state index contributed by atoms with van der Waals surface area (Å²) in [5.41, 5.74) is 0.